The standard InChI is InChI=1S/C12H24O2S/c1-2-3-4-5-6-7-11(13)12-10-15-9-8-14-12/h11-13H,2-10H2,1H3. The van der Waals surface area contributed by atoms with Crippen LogP contribution < -0.4 is 0 Å². The van der Waals surface area contributed by atoms with Crippen LogP contribution in [0.4, 0.5) is 0 Å². The van der Waals surface area contributed by atoms with Crippen LogP contribution in [0, 0.1) is 0 Å². The van der Waals surface area contributed by atoms with E-state index >= 15 is 0 Å². The molecule has 1 fully saturated rings. The van der Waals surface area contributed by atoms with E-state index in [1.807, 2.05) is 11.8 Å². The van der Waals surface area contributed by atoms with E-state index < -0.39 is 0 Å². The van der Waals surface area contributed by atoms with Crippen molar-refractivity contribution >= 4 is 11.8 Å². The molecule has 0 aromatic carbocycles. The lowest BCUT2D eigenvalue weighted by molar-refractivity contribution is -0.0256. The van der Waals surface area contributed by atoms with Crippen molar-refractivity contribution in [2.45, 2.75) is 57.7 Å². The summed E-state index contributed by atoms with van der Waals surface area (Å²) in [5.41, 5.74) is 0. The number of hydrogen-bond donors (Lipinski definition) is 1. The number of aliphatic hydroxyl groups excluding tert-OH is 1. The maximum absolute atomic E-state index is 9.89. The Kier molecular flexibility index (Phi) is 7.49. The number of unbranched alkanes of at least 4 members (excludes halogenated alkanes) is 4. The van der Waals surface area contributed by atoms with Crippen molar-refractivity contribution < 1.29 is 9.84 Å². The van der Waals surface area contributed by atoms with Gasteiger partial charge in [0.25, 0.3) is 0 Å². The molecule has 0 amide bonds. The minimum atomic E-state index is -0.237. The first-order valence-electron chi connectivity index (χ1n) is 6.22. The van der Waals surface area contributed by atoms with E-state index in [4.69, 9.17) is 4.74 Å². The first kappa shape index (κ1) is 13.3. The molecule has 15 heavy (non-hydrogen) atoms. The summed E-state index contributed by atoms with van der Waals surface area (Å²) in [7, 11) is 0. The van der Waals surface area contributed by atoms with Gasteiger partial charge in [-0.2, -0.15) is 11.8 Å². The van der Waals surface area contributed by atoms with Gasteiger partial charge in [-0.3, -0.25) is 0 Å². The predicted molar refractivity (Wildman–Crippen MR) is 66.4 cm³/mol. The average Bonchev–Trinajstić information content (AvgIpc) is 2.30. The van der Waals surface area contributed by atoms with Gasteiger partial charge in [0.05, 0.1) is 18.8 Å². The van der Waals surface area contributed by atoms with Crippen molar-refractivity contribution in [2.24, 2.45) is 0 Å². The van der Waals surface area contributed by atoms with Gasteiger partial charge in [-0.25, -0.2) is 0 Å². The van der Waals surface area contributed by atoms with Crippen LogP contribution in [0.3, 0.4) is 0 Å². The lowest BCUT2D eigenvalue weighted by Crippen LogP contribution is -2.35. The zero-order valence-electron chi connectivity index (χ0n) is 9.78. The van der Waals surface area contributed by atoms with E-state index in [1.54, 1.807) is 0 Å². The number of ether oxygens (including phenoxy) is 1. The number of thioether (sulfide) groups is 1. The molecule has 0 aromatic heterocycles. The fourth-order valence-corrected chi connectivity index (χ4v) is 2.80. The van der Waals surface area contributed by atoms with Crippen LogP contribution in [-0.2, 0) is 4.74 Å². The van der Waals surface area contributed by atoms with Gasteiger partial charge in [0.2, 0.25) is 0 Å². The summed E-state index contributed by atoms with van der Waals surface area (Å²) in [5.74, 6) is 2.05. The molecule has 2 nitrogen and oxygen atoms in total. The van der Waals surface area contributed by atoms with Gasteiger partial charge in [0.1, 0.15) is 0 Å². The smallest absolute Gasteiger partial charge is 0.0924 e. The molecule has 2 atom stereocenters. The third-order valence-electron chi connectivity index (χ3n) is 2.87. The first-order chi connectivity index (χ1) is 7.34. The second-order valence-electron chi connectivity index (χ2n) is 4.25. The minimum absolute atomic E-state index is 0.0925. The lowest BCUT2D eigenvalue weighted by atomic mass is 10.1. The molecule has 0 spiro atoms. The monoisotopic (exact) mass is 232 g/mol. The van der Waals surface area contributed by atoms with Gasteiger partial charge in [-0.1, -0.05) is 39.0 Å². The fourth-order valence-electron chi connectivity index (χ4n) is 1.87. The maximum atomic E-state index is 9.89. The number of rotatable bonds is 7. The molecular formula is C12H24O2S. The summed E-state index contributed by atoms with van der Waals surface area (Å²) in [6.45, 7) is 3.03. The quantitative estimate of drug-likeness (QED) is 0.684. The van der Waals surface area contributed by atoms with Crippen molar-refractivity contribution in [3.05, 3.63) is 0 Å². The van der Waals surface area contributed by atoms with Crippen molar-refractivity contribution in [3.63, 3.8) is 0 Å². The van der Waals surface area contributed by atoms with Crippen molar-refractivity contribution in [2.75, 3.05) is 18.1 Å². The highest BCUT2D eigenvalue weighted by molar-refractivity contribution is 7.99. The Morgan fingerprint density at radius 2 is 2.13 bits per heavy atom. The summed E-state index contributed by atoms with van der Waals surface area (Å²) in [6, 6.07) is 0. The zero-order valence-corrected chi connectivity index (χ0v) is 10.6. The molecular weight excluding hydrogens is 208 g/mol. The zero-order chi connectivity index (χ0) is 10.9. The fraction of sp³-hybridized carbons (Fsp3) is 1.00. The average molecular weight is 232 g/mol. The van der Waals surface area contributed by atoms with Gasteiger partial charge >= 0.3 is 0 Å². The second kappa shape index (κ2) is 8.43. The molecule has 2 unspecified atom stereocenters. The van der Waals surface area contributed by atoms with Crippen molar-refractivity contribution in [3.8, 4) is 0 Å². The van der Waals surface area contributed by atoms with Crippen LogP contribution in [0.2, 0.25) is 0 Å². The summed E-state index contributed by atoms with van der Waals surface area (Å²) >= 11 is 1.89. The Morgan fingerprint density at radius 3 is 2.80 bits per heavy atom. The van der Waals surface area contributed by atoms with Gasteiger partial charge < -0.3 is 9.84 Å². The Morgan fingerprint density at radius 1 is 1.33 bits per heavy atom. The topological polar surface area (TPSA) is 29.5 Å². The maximum Gasteiger partial charge on any atom is 0.0924 e. The molecule has 1 N–H and O–H groups in total. The van der Waals surface area contributed by atoms with E-state index in [0.29, 0.717) is 0 Å². The van der Waals surface area contributed by atoms with Crippen LogP contribution in [0.5, 0.6) is 0 Å². The highest BCUT2D eigenvalue weighted by Crippen LogP contribution is 2.18. The summed E-state index contributed by atoms with van der Waals surface area (Å²) < 4.78 is 5.55. The van der Waals surface area contributed by atoms with E-state index in [1.165, 1.54) is 25.7 Å². The van der Waals surface area contributed by atoms with E-state index in [2.05, 4.69) is 6.92 Å². The third kappa shape index (κ3) is 5.79. The second-order valence-corrected chi connectivity index (χ2v) is 5.40. The van der Waals surface area contributed by atoms with Crippen LogP contribution in [0.25, 0.3) is 0 Å². The molecule has 0 aliphatic carbocycles. The highest BCUT2D eigenvalue weighted by Gasteiger charge is 2.22. The first-order valence-corrected chi connectivity index (χ1v) is 7.37. The predicted octanol–water partition coefficient (Wildman–Crippen LogP) is 2.84. The van der Waals surface area contributed by atoms with Gasteiger partial charge in [0, 0.05) is 11.5 Å². The van der Waals surface area contributed by atoms with Crippen LogP contribution in [0.1, 0.15) is 45.4 Å². The van der Waals surface area contributed by atoms with Crippen molar-refractivity contribution in [1.29, 1.82) is 0 Å². The van der Waals surface area contributed by atoms with E-state index in [0.717, 1.165) is 31.0 Å². The van der Waals surface area contributed by atoms with Gasteiger partial charge in [-0.15, -0.1) is 0 Å². The molecule has 1 saturated heterocycles. The Bertz CT molecular complexity index is 147. The molecule has 90 valence electrons. The molecule has 3 heteroatoms. The van der Waals surface area contributed by atoms with Gasteiger partial charge in [0.15, 0.2) is 0 Å². The highest BCUT2D eigenvalue weighted by atomic mass is 32.2. The normalized spacial score (nSPS) is 24.0. The molecule has 0 aromatic rings. The Balaban J connectivity index is 1.99. The van der Waals surface area contributed by atoms with Crippen LogP contribution in [-0.4, -0.2) is 35.4 Å². The van der Waals surface area contributed by atoms with E-state index in [9.17, 15) is 5.11 Å². The third-order valence-corrected chi connectivity index (χ3v) is 3.89. The SMILES string of the molecule is CCCCCCCC(O)C1CSCCO1. The minimum Gasteiger partial charge on any atom is -0.390 e. The van der Waals surface area contributed by atoms with Crippen molar-refractivity contribution in [1.82, 2.24) is 0 Å². The van der Waals surface area contributed by atoms with Crippen LogP contribution >= 0.6 is 11.8 Å². The molecule has 0 bridgehead atoms. The molecule has 1 aliphatic heterocycles. The van der Waals surface area contributed by atoms with E-state index in [-0.39, 0.29) is 12.2 Å². The lowest BCUT2D eigenvalue weighted by Gasteiger charge is -2.26. The van der Waals surface area contributed by atoms with Gasteiger partial charge in [-0.05, 0) is 6.42 Å². The summed E-state index contributed by atoms with van der Waals surface area (Å²) in [6.07, 6.45) is 7.08. The molecule has 1 heterocycles. The number of aliphatic hydroxyl groups is 1. The molecule has 1 aliphatic rings. The molecule has 0 radical (unpaired) electrons. The molecule has 0 saturated carbocycles. The largest absolute Gasteiger partial charge is 0.390 e. The summed E-state index contributed by atoms with van der Waals surface area (Å²) in [5, 5.41) is 9.89. The molecule has 1 rings (SSSR count). The Hall–Kier alpha value is 0.270. The number of hydrogen-bond acceptors (Lipinski definition) is 3. The van der Waals surface area contributed by atoms with Crippen LogP contribution in [0.15, 0.2) is 0 Å². The Labute approximate surface area is 97.8 Å². The summed E-state index contributed by atoms with van der Waals surface area (Å²) in [4.78, 5) is 0.